The lowest BCUT2D eigenvalue weighted by Gasteiger charge is -2.21. The Hall–Kier alpha value is -1.39. The third-order valence-corrected chi connectivity index (χ3v) is 4.81. The fourth-order valence-corrected chi connectivity index (χ4v) is 3.63. The highest BCUT2D eigenvalue weighted by molar-refractivity contribution is 5.90. The first-order valence-corrected chi connectivity index (χ1v) is 7.64. The Labute approximate surface area is 119 Å². The molecule has 2 fully saturated rings. The minimum absolute atomic E-state index is 0.115. The van der Waals surface area contributed by atoms with Crippen molar-refractivity contribution in [2.24, 2.45) is 17.8 Å². The van der Waals surface area contributed by atoms with Gasteiger partial charge in [0.05, 0.1) is 0 Å². The van der Waals surface area contributed by atoms with E-state index in [2.05, 4.69) is 20.5 Å². The van der Waals surface area contributed by atoms with E-state index in [1.54, 1.807) is 0 Å². The fourth-order valence-electron chi connectivity index (χ4n) is 3.63. The molecule has 2 aliphatic rings. The van der Waals surface area contributed by atoms with Crippen LogP contribution in [0.2, 0.25) is 0 Å². The number of hydrogen-bond acceptors (Lipinski definition) is 3. The number of carbonyl (C=O) groups excluding carboxylic acids is 1. The van der Waals surface area contributed by atoms with Gasteiger partial charge in [-0.3, -0.25) is 9.89 Å². The number of rotatable bonds is 3. The van der Waals surface area contributed by atoms with Crippen molar-refractivity contribution in [3.63, 3.8) is 0 Å². The lowest BCUT2D eigenvalue weighted by Crippen LogP contribution is -2.32. The normalized spacial score (nSPS) is 28.9. The first kappa shape index (κ1) is 13.6. The van der Waals surface area contributed by atoms with E-state index in [1.165, 1.54) is 25.7 Å². The molecule has 0 saturated heterocycles. The molecule has 2 N–H and O–H groups in total. The summed E-state index contributed by atoms with van der Waals surface area (Å²) in [5.74, 6) is 3.27. The zero-order chi connectivity index (χ0) is 14.3. The van der Waals surface area contributed by atoms with Gasteiger partial charge >= 0.3 is 0 Å². The SMILES string of the molecule is CC(C)(C)c1nc(C(=O)NCC2CC3CCC2C3)n[nH]1. The van der Waals surface area contributed by atoms with E-state index in [1.807, 2.05) is 20.8 Å². The van der Waals surface area contributed by atoms with Crippen molar-refractivity contribution in [3.8, 4) is 0 Å². The van der Waals surface area contributed by atoms with Crippen molar-refractivity contribution >= 4 is 5.91 Å². The van der Waals surface area contributed by atoms with E-state index in [9.17, 15) is 4.79 Å². The Kier molecular flexibility index (Phi) is 3.30. The molecule has 20 heavy (non-hydrogen) atoms. The maximum absolute atomic E-state index is 12.1. The van der Waals surface area contributed by atoms with Crippen molar-refractivity contribution in [3.05, 3.63) is 11.6 Å². The number of H-pyrrole nitrogens is 1. The van der Waals surface area contributed by atoms with Gasteiger partial charge in [-0.1, -0.05) is 27.2 Å². The van der Waals surface area contributed by atoms with Crippen LogP contribution < -0.4 is 5.32 Å². The first-order chi connectivity index (χ1) is 9.43. The quantitative estimate of drug-likeness (QED) is 0.889. The van der Waals surface area contributed by atoms with Crippen molar-refractivity contribution in [1.29, 1.82) is 0 Å². The highest BCUT2D eigenvalue weighted by Gasteiger charge is 2.39. The molecule has 1 aromatic rings. The van der Waals surface area contributed by atoms with E-state index in [0.29, 0.717) is 5.92 Å². The first-order valence-electron chi connectivity index (χ1n) is 7.64. The summed E-state index contributed by atoms with van der Waals surface area (Å²) in [4.78, 5) is 16.4. The van der Waals surface area contributed by atoms with E-state index in [0.717, 1.165) is 24.2 Å². The van der Waals surface area contributed by atoms with Gasteiger partial charge in [0, 0.05) is 12.0 Å². The van der Waals surface area contributed by atoms with Crippen LogP contribution in [0.3, 0.4) is 0 Å². The van der Waals surface area contributed by atoms with E-state index >= 15 is 0 Å². The van der Waals surface area contributed by atoms with Gasteiger partial charge in [-0.2, -0.15) is 0 Å². The average Bonchev–Trinajstić information content (AvgIpc) is 3.09. The number of hydrogen-bond donors (Lipinski definition) is 2. The molecule has 2 saturated carbocycles. The second kappa shape index (κ2) is 4.86. The van der Waals surface area contributed by atoms with Crippen LogP contribution in [0.25, 0.3) is 0 Å². The zero-order valence-corrected chi connectivity index (χ0v) is 12.6. The number of fused-ring (bicyclic) bond motifs is 2. The molecular formula is C15H24N4O. The van der Waals surface area contributed by atoms with E-state index in [4.69, 9.17) is 0 Å². The number of nitrogens with zero attached hydrogens (tertiary/aromatic N) is 2. The van der Waals surface area contributed by atoms with Gasteiger partial charge in [0.2, 0.25) is 5.82 Å². The van der Waals surface area contributed by atoms with Crippen LogP contribution in [-0.2, 0) is 5.41 Å². The highest BCUT2D eigenvalue weighted by Crippen LogP contribution is 2.47. The molecule has 3 rings (SSSR count). The zero-order valence-electron chi connectivity index (χ0n) is 12.6. The van der Waals surface area contributed by atoms with Crippen molar-refractivity contribution in [2.45, 2.75) is 51.9 Å². The van der Waals surface area contributed by atoms with Gasteiger partial charge < -0.3 is 5.32 Å². The van der Waals surface area contributed by atoms with Crippen LogP contribution in [0.1, 0.15) is 62.9 Å². The lowest BCUT2D eigenvalue weighted by molar-refractivity contribution is 0.0931. The minimum Gasteiger partial charge on any atom is -0.349 e. The highest BCUT2D eigenvalue weighted by atomic mass is 16.2. The maximum atomic E-state index is 12.1. The van der Waals surface area contributed by atoms with E-state index in [-0.39, 0.29) is 17.1 Å². The lowest BCUT2D eigenvalue weighted by atomic mass is 9.89. The van der Waals surface area contributed by atoms with Crippen LogP contribution in [0.15, 0.2) is 0 Å². The number of amides is 1. The van der Waals surface area contributed by atoms with Crippen LogP contribution in [-0.4, -0.2) is 27.6 Å². The third-order valence-electron chi connectivity index (χ3n) is 4.81. The van der Waals surface area contributed by atoms with Crippen molar-refractivity contribution in [1.82, 2.24) is 20.5 Å². The second-order valence-electron chi connectivity index (χ2n) is 7.40. The number of aromatic amines is 1. The summed E-state index contributed by atoms with van der Waals surface area (Å²) in [6, 6.07) is 0. The third kappa shape index (κ3) is 2.58. The standard InChI is InChI=1S/C15H24N4O/c1-15(2,3)14-17-12(18-19-14)13(20)16-8-11-7-9-4-5-10(11)6-9/h9-11H,4-8H2,1-3H3,(H,16,20)(H,17,18,19). The molecule has 2 aliphatic carbocycles. The molecule has 5 nitrogen and oxygen atoms in total. The summed E-state index contributed by atoms with van der Waals surface area (Å²) in [6.45, 7) is 6.92. The Balaban J connectivity index is 1.55. The molecule has 0 radical (unpaired) electrons. The number of aromatic nitrogens is 3. The van der Waals surface area contributed by atoms with Crippen LogP contribution in [0.4, 0.5) is 0 Å². The summed E-state index contributed by atoms with van der Waals surface area (Å²) in [7, 11) is 0. The van der Waals surface area contributed by atoms with Gasteiger partial charge in [0.25, 0.3) is 5.91 Å². The number of nitrogens with one attached hydrogen (secondary N) is 2. The molecule has 5 heteroatoms. The molecule has 0 aliphatic heterocycles. The largest absolute Gasteiger partial charge is 0.349 e. The van der Waals surface area contributed by atoms with Crippen molar-refractivity contribution in [2.75, 3.05) is 6.54 Å². The topological polar surface area (TPSA) is 70.7 Å². The van der Waals surface area contributed by atoms with Gasteiger partial charge in [-0.15, -0.1) is 5.10 Å². The van der Waals surface area contributed by atoms with Gasteiger partial charge in [-0.25, -0.2) is 4.98 Å². The monoisotopic (exact) mass is 276 g/mol. The molecule has 1 heterocycles. The Morgan fingerprint density at radius 1 is 1.35 bits per heavy atom. The Morgan fingerprint density at radius 3 is 2.70 bits per heavy atom. The summed E-state index contributed by atoms with van der Waals surface area (Å²) in [5, 5.41) is 9.89. The summed E-state index contributed by atoms with van der Waals surface area (Å²) in [5.41, 5.74) is -0.115. The van der Waals surface area contributed by atoms with E-state index < -0.39 is 0 Å². The van der Waals surface area contributed by atoms with Gasteiger partial charge in [-0.05, 0) is 37.0 Å². The number of carbonyl (C=O) groups is 1. The predicted octanol–water partition coefficient (Wildman–Crippen LogP) is 2.27. The van der Waals surface area contributed by atoms with Gasteiger partial charge in [0.15, 0.2) is 0 Å². The van der Waals surface area contributed by atoms with Crippen LogP contribution in [0.5, 0.6) is 0 Å². The molecule has 0 spiro atoms. The fraction of sp³-hybridized carbons (Fsp3) is 0.800. The maximum Gasteiger partial charge on any atom is 0.290 e. The molecule has 110 valence electrons. The van der Waals surface area contributed by atoms with Crippen LogP contribution in [0, 0.1) is 17.8 Å². The molecule has 2 bridgehead atoms. The molecule has 1 amide bonds. The Bertz CT molecular complexity index is 502. The molecule has 0 aromatic carbocycles. The summed E-state index contributed by atoms with van der Waals surface area (Å²) >= 11 is 0. The second-order valence-corrected chi connectivity index (χ2v) is 7.40. The summed E-state index contributed by atoms with van der Waals surface area (Å²) < 4.78 is 0. The Morgan fingerprint density at radius 2 is 2.15 bits per heavy atom. The predicted molar refractivity (Wildman–Crippen MR) is 76.4 cm³/mol. The molecule has 3 atom stereocenters. The minimum atomic E-state index is -0.153. The molecule has 3 unspecified atom stereocenters. The van der Waals surface area contributed by atoms with Crippen molar-refractivity contribution < 1.29 is 4.79 Å². The van der Waals surface area contributed by atoms with Gasteiger partial charge in [0.1, 0.15) is 5.82 Å². The smallest absolute Gasteiger partial charge is 0.290 e. The average molecular weight is 276 g/mol. The summed E-state index contributed by atoms with van der Waals surface area (Å²) in [6.07, 6.45) is 5.40. The molecule has 1 aromatic heterocycles. The molecular weight excluding hydrogens is 252 g/mol. The van der Waals surface area contributed by atoms with Crippen LogP contribution >= 0.6 is 0 Å².